The Labute approximate surface area is 206 Å². The molecule has 4 aromatic heterocycles. The van der Waals surface area contributed by atoms with E-state index in [1.54, 1.807) is 33.9 Å². The van der Waals surface area contributed by atoms with Crippen LogP contribution in [-0.2, 0) is 23.9 Å². The van der Waals surface area contributed by atoms with Crippen LogP contribution in [0.25, 0.3) is 39.2 Å². The molecule has 1 aromatic carbocycles. The number of nitrogens with one attached hydrogen (secondary N) is 1. The maximum atomic E-state index is 14.7. The molecule has 4 heterocycles. The summed E-state index contributed by atoms with van der Waals surface area (Å²) in [6.45, 7) is 0. The van der Waals surface area contributed by atoms with Crippen molar-refractivity contribution in [3.8, 4) is 28.2 Å². The monoisotopic (exact) mass is 507 g/mol. The maximum absolute atomic E-state index is 14.7. The first-order chi connectivity index (χ1) is 17.3. The van der Waals surface area contributed by atoms with Crippen molar-refractivity contribution >= 4 is 22.3 Å². The van der Waals surface area contributed by atoms with Crippen LogP contribution >= 0.6 is 0 Å². The zero-order valence-corrected chi connectivity index (χ0v) is 19.7. The molecule has 9 nitrogen and oxygen atoms in total. The van der Waals surface area contributed by atoms with Crippen molar-refractivity contribution in [2.75, 3.05) is 0 Å². The lowest BCUT2D eigenvalue weighted by Gasteiger charge is -2.17. The molecule has 36 heavy (non-hydrogen) atoms. The van der Waals surface area contributed by atoms with Gasteiger partial charge in [-0.05, 0) is 42.7 Å². The van der Waals surface area contributed by atoms with Gasteiger partial charge in [-0.3, -0.25) is 18.8 Å². The van der Waals surface area contributed by atoms with E-state index in [4.69, 9.17) is 4.98 Å². The van der Waals surface area contributed by atoms with Crippen LogP contribution in [0, 0.1) is 11.6 Å². The summed E-state index contributed by atoms with van der Waals surface area (Å²) in [6, 6.07) is 9.80. The van der Waals surface area contributed by atoms with Crippen molar-refractivity contribution in [2.24, 2.45) is 7.05 Å². The zero-order valence-electron chi connectivity index (χ0n) is 18.9. The van der Waals surface area contributed by atoms with Gasteiger partial charge < -0.3 is 0 Å². The first-order valence-corrected chi connectivity index (χ1v) is 12.1. The van der Waals surface area contributed by atoms with Crippen LogP contribution in [0.1, 0.15) is 18.5 Å². The molecule has 0 saturated heterocycles. The molecule has 6 rings (SSSR count). The number of nitrogens with zero attached hydrogens (tertiary/aromatic N) is 6. The van der Waals surface area contributed by atoms with Gasteiger partial charge in [-0.15, -0.1) is 0 Å². The quantitative estimate of drug-likeness (QED) is 0.338. The number of hydrogen-bond acceptors (Lipinski definition) is 5. The molecule has 5 aromatic rings. The highest BCUT2D eigenvalue weighted by Gasteiger charge is 2.47. The van der Waals surface area contributed by atoms with Crippen molar-refractivity contribution in [2.45, 2.75) is 18.4 Å². The number of benzene rings is 1. The lowest BCUT2D eigenvalue weighted by atomic mass is 10.1. The molecular weight excluding hydrogens is 488 g/mol. The Bertz CT molecular complexity index is 1660. The van der Waals surface area contributed by atoms with Gasteiger partial charge in [0.15, 0.2) is 5.82 Å². The highest BCUT2D eigenvalue weighted by molar-refractivity contribution is 7.77. The fourth-order valence-corrected chi connectivity index (χ4v) is 4.94. The van der Waals surface area contributed by atoms with Crippen molar-refractivity contribution in [3.63, 3.8) is 0 Å². The molecule has 1 aliphatic carbocycles. The molecule has 0 amide bonds. The third-order valence-electron chi connectivity index (χ3n) is 6.25. The molecule has 0 radical (unpaired) electrons. The fourth-order valence-electron chi connectivity index (χ4n) is 4.30. The minimum Gasteiger partial charge on any atom is -0.294 e. The number of hydrogen-bond donors (Lipinski definition) is 2. The molecule has 1 unspecified atom stereocenters. The number of pyridine rings is 2. The van der Waals surface area contributed by atoms with Crippen molar-refractivity contribution < 1.29 is 17.5 Å². The van der Waals surface area contributed by atoms with Gasteiger partial charge in [-0.25, -0.2) is 27.7 Å². The highest BCUT2D eigenvalue weighted by atomic mass is 32.2. The normalized spacial score (nSPS) is 15.3. The number of aromatic nitrogens is 6. The van der Waals surface area contributed by atoms with E-state index >= 15 is 0 Å². The number of rotatable bonds is 6. The summed E-state index contributed by atoms with van der Waals surface area (Å²) < 4.78 is 55.3. The summed E-state index contributed by atoms with van der Waals surface area (Å²) in [4.78, 5) is 13.2. The number of imidazole rings is 1. The molecule has 1 aliphatic rings. The van der Waals surface area contributed by atoms with Crippen LogP contribution in [0.3, 0.4) is 0 Å². The SMILES string of the molecule is Cn1cc(-c2ccc3c(c2)ncn3-c2cc(-c3ncc(F)cc3F)cc(C3(NS(=O)O)CC3)n2)cn1. The second-order valence-corrected chi connectivity index (χ2v) is 9.44. The van der Waals surface area contributed by atoms with E-state index in [1.807, 2.05) is 31.4 Å². The van der Waals surface area contributed by atoms with E-state index in [0.29, 0.717) is 35.4 Å². The summed E-state index contributed by atoms with van der Waals surface area (Å²) in [7, 11) is 1.85. The van der Waals surface area contributed by atoms with Crippen molar-refractivity contribution in [3.05, 3.63) is 78.6 Å². The van der Waals surface area contributed by atoms with Crippen LogP contribution < -0.4 is 4.72 Å². The lowest BCUT2D eigenvalue weighted by Crippen LogP contribution is -2.31. The molecule has 182 valence electrons. The molecule has 0 bridgehead atoms. The summed E-state index contributed by atoms with van der Waals surface area (Å²) in [5.74, 6) is -1.19. The Morgan fingerprint density at radius 2 is 1.89 bits per heavy atom. The van der Waals surface area contributed by atoms with Crippen LogP contribution in [0.2, 0.25) is 0 Å². The molecule has 1 atom stereocenters. The van der Waals surface area contributed by atoms with Gasteiger partial charge in [-0.1, -0.05) is 6.07 Å². The van der Waals surface area contributed by atoms with Crippen molar-refractivity contribution in [1.29, 1.82) is 0 Å². The van der Waals surface area contributed by atoms with E-state index in [0.717, 1.165) is 28.9 Å². The third-order valence-corrected chi connectivity index (χ3v) is 6.81. The Morgan fingerprint density at radius 1 is 1.06 bits per heavy atom. The first kappa shape index (κ1) is 22.6. The lowest BCUT2D eigenvalue weighted by molar-refractivity contribution is 0.518. The van der Waals surface area contributed by atoms with Crippen LogP contribution in [-0.4, -0.2) is 38.1 Å². The second kappa shape index (κ2) is 8.36. The summed E-state index contributed by atoms with van der Waals surface area (Å²) >= 11 is -2.27. The molecule has 1 saturated carbocycles. The van der Waals surface area contributed by atoms with Gasteiger partial charge in [0.2, 0.25) is 11.3 Å². The van der Waals surface area contributed by atoms with Gasteiger partial charge in [0.25, 0.3) is 0 Å². The highest BCUT2D eigenvalue weighted by Crippen LogP contribution is 2.46. The summed E-state index contributed by atoms with van der Waals surface area (Å²) in [5.41, 5.74) is 3.31. The van der Waals surface area contributed by atoms with E-state index in [1.165, 1.54) is 0 Å². The molecule has 0 aliphatic heterocycles. The zero-order chi connectivity index (χ0) is 25.0. The van der Waals surface area contributed by atoms with Gasteiger partial charge in [0, 0.05) is 30.4 Å². The second-order valence-electron chi connectivity index (χ2n) is 8.74. The Hall–Kier alpha value is -3.87. The molecule has 0 spiro atoms. The maximum Gasteiger partial charge on any atom is 0.232 e. The average Bonchev–Trinajstić information content (AvgIpc) is 3.28. The Morgan fingerprint density at radius 3 is 2.58 bits per heavy atom. The predicted octanol–water partition coefficient (Wildman–Crippen LogP) is 3.88. The van der Waals surface area contributed by atoms with E-state index < -0.39 is 28.4 Å². The van der Waals surface area contributed by atoms with E-state index in [-0.39, 0.29) is 5.69 Å². The minimum absolute atomic E-state index is 0.0505. The number of fused-ring (bicyclic) bond motifs is 1. The molecular formula is C24H19F2N7O2S. The summed E-state index contributed by atoms with van der Waals surface area (Å²) in [5, 5.41) is 4.21. The number of aryl methyl sites for hydroxylation is 1. The van der Waals surface area contributed by atoms with E-state index in [2.05, 4.69) is 19.8 Å². The minimum atomic E-state index is -2.27. The van der Waals surface area contributed by atoms with Crippen LogP contribution in [0.5, 0.6) is 0 Å². The average molecular weight is 508 g/mol. The Balaban J connectivity index is 1.50. The topological polar surface area (TPSA) is 111 Å². The van der Waals surface area contributed by atoms with Gasteiger partial charge in [-0.2, -0.15) is 5.10 Å². The van der Waals surface area contributed by atoms with Crippen LogP contribution in [0.15, 0.2) is 61.3 Å². The molecule has 2 N–H and O–H groups in total. The fraction of sp³-hybridized carbons (Fsp3) is 0.167. The smallest absolute Gasteiger partial charge is 0.232 e. The van der Waals surface area contributed by atoms with Crippen molar-refractivity contribution in [1.82, 2.24) is 34.0 Å². The predicted molar refractivity (Wildman–Crippen MR) is 129 cm³/mol. The van der Waals surface area contributed by atoms with E-state index in [9.17, 15) is 17.5 Å². The third kappa shape index (κ3) is 3.98. The molecule has 1 fully saturated rings. The Kier molecular flexibility index (Phi) is 5.25. The summed E-state index contributed by atoms with van der Waals surface area (Å²) in [6.07, 6.45) is 7.39. The molecule has 12 heteroatoms. The van der Waals surface area contributed by atoms with Crippen LogP contribution in [0.4, 0.5) is 8.78 Å². The van der Waals surface area contributed by atoms with Gasteiger partial charge in [0.05, 0.1) is 34.7 Å². The first-order valence-electron chi connectivity index (χ1n) is 11.0. The largest absolute Gasteiger partial charge is 0.294 e. The number of halogens is 2. The standard InChI is InChI=1S/C24H19F2N7O2S/c1-32-12-16(10-29-32)14-2-3-20-19(6-14)28-13-33(20)22-8-15(23-18(26)9-17(25)11-27-23)7-21(30-22)24(4-5-24)31-36(34)35/h2-3,6-13,31H,4-5H2,1H3,(H,34,35). The van der Waals surface area contributed by atoms with Gasteiger partial charge >= 0.3 is 0 Å². The van der Waals surface area contributed by atoms with Gasteiger partial charge in [0.1, 0.15) is 23.7 Å².